The molecule has 0 saturated carbocycles. The van der Waals surface area contributed by atoms with Crippen LogP contribution < -0.4 is 5.49 Å². The number of amides is 1. The smallest absolute Gasteiger partial charge is 0.335 e. The van der Waals surface area contributed by atoms with Crippen molar-refractivity contribution in [2.75, 3.05) is 5.75 Å². The minimum Gasteiger partial charge on any atom is -0.335 e. The molecule has 14 heteroatoms. The Bertz CT molecular complexity index is 1460. The predicted molar refractivity (Wildman–Crippen MR) is 120 cm³/mol. The molecule has 2 aromatic heterocycles. The second kappa shape index (κ2) is 10.1. The van der Waals surface area contributed by atoms with Crippen LogP contribution in [0.5, 0.6) is 0 Å². The zero-order valence-electron chi connectivity index (χ0n) is 18.6. The van der Waals surface area contributed by atoms with Crippen molar-refractivity contribution in [3.63, 3.8) is 0 Å². The fourth-order valence-corrected chi connectivity index (χ4v) is 4.71. The number of nitrogens with zero attached hydrogens (tertiary/aromatic N) is 3. The summed E-state index contributed by atoms with van der Waals surface area (Å²) in [5.41, 5.74) is -5.58. The largest absolute Gasteiger partial charge is 0.446 e. The lowest BCUT2D eigenvalue weighted by atomic mass is 10.1. The van der Waals surface area contributed by atoms with Gasteiger partial charge in [0.05, 0.1) is 16.2 Å². The first kappa shape index (κ1) is 27.5. The summed E-state index contributed by atoms with van der Waals surface area (Å²) in [5.74, 6) is -1.46. The molecule has 0 spiro atoms. The van der Waals surface area contributed by atoms with E-state index >= 15 is 0 Å². The Hall–Kier alpha value is -3.13. The molecule has 0 N–H and O–H groups in total. The minimum atomic E-state index is -4.55. The molecule has 2 heterocycles. The number of aryl methyl sites for hydroxylation is 1. The van der Waals surface area contributed by atoms with Crippen molar-refractivity contribution in [3.05, 3.63) is 71.6 Å². The molecule has 0 fully saturated rings. The van der Waals surface area contributed by atoms with Crippen molar-refractivity contribution in [3.8, 4) is 11.1 Å². The molecule has 0 atom stereocenters. The highest BCUT2D eigenvalue weighted by Crippen LogP contribution is 2.36. The summed E-state index contributed by atoms with van der Waals surface area (Å²) in [5, 5.41) is 0. The molecule has 1 aromatic carbocycles. The van der Waals surface area contributed by atoms with Gasteiger partial charge in [0.25, 0.3) is 5.91 Å². The highest BCUT2D eigenvalue weighted by Gasteiger charge is 2.31. The van der Waals surface area contributed by atoms with Gasteiger partial charge in [-0.05, 0) is 47.7 Å². The fraction of sp³-hybridized carbons (Fsp3) is 0.227. The average molecular weight is 550 g/mol. The molecule has 36 heavy (non-hydrogen) atoms. The number of benzene rings is 1. The third kappa shape index (κ3) is 6.55. The summed E-state index contributed by atoms with van der Waals surface area (Å²) in [4.78, 5) is 20.0. The molecule has 0 aliphatic heterocycles. The van der Waals surface area contributed by atoms with Gasteiger partial charge in [-0.15, -0.1) is 0 Å². The molecule has 192 valence electrons. The first-order valence-electron chi connectivity index (χ1n) is 10.0. The molecular weight excluding hydrogens is 532 g/mol. The summed E-state index contributed by atoms with van der Waals surface area (Å²) in [6.07, 6.45) is -2.32. The van der Waals surface area contributed by atoms with Gasteiger partial charge in [-0.1, -0.05) is 19.1 Å². The molecule has 3 aromatic rings. The summed E-state index contributed by atoms with van der Waals surface area (Å²) in [6, 6.07) is 7.35. The summed E-state index contributed by atoms with van der Waals surface area (Å²) in [6.45, 7) is 1.34. The van der Waals surface area contributed by atoms with Crippen LogP contribution in [0.25, 0.3) is 11.1 Å². The van der Waals surface area contributed by atoms with Gasteiger partial charge >= 0.3 is 11.7 Å². The quantitative estimate of drug-likeness (QED) is 0.321. The average Bonchev–Trinajstić information content (AvgIpc) is 2.79. The van der Waals surface area contributed by atoms with Crippen LogP contribution >= 0.6 is 11.8 Å². The van der Waals surface area contributed by atoms with Crippen LogP contribution in [0.3, 0.4) is 0 Å². The van der Waals surface area contributed by atoms with Gasteiger partial charge in [-0.3, -0.25) is 4.79 Å². The molecular formula is C22H17F6N3O3S2. The molecule has 0 aliphatic rings. The standard InChI is InChI=1S/C22H17F6N3O3S2/c1-3-36(33,34)17-10-14(13-4-6-15(7-5-13)21(23,24)25)11-29-19(17)20(32)30-18-9-8-16(12-31(18)2)35-22(26,27)28/h4-12H,3H2,1-2H3. The summed E-state index contributed by atoms with van der Waals surface area (Å²) >= 11 is -0.352. The van der Waals surface area contributed by atoms with Crippen LogP contribution in [0, 0.1) is 0 Å². The van der Waals surface area contributed by atoms with E-state index in [9.17, 15) is 39.6 Å². The summed E-state index contributed by atoms with van der Waals surface area (Å²) in [7, 11) is -2.67. The van der Waals surface area contributed by atoms with Gasteiger partial charge in [-0.25, -0.2) is 13.4 Å². The molecule has 0 bridgehead atoms. The van der Waals surface area contributed by atoms with Gasteiger partial charge < -0.3 is 4.57 Å². The molecule has 0 aliphatic carbocycles. The number of carbonyl (C=O) groups is 1. The maximum Gasteiger partial charge on any atom is 0.446 e. The number of rotatable bonds is 5. The fourth-order valence-electron chi connectivity index (χ4n) is 3.05. The molecule has 3 rings (SSSR count). The lowest BCUT2D eigenvalue weighted by Crippen LogP contribution is -2.21. The van der Waals surface area contributed by atoms with E-state index in [0.29, 0.717) is 0 Å². The number of sulfone groups is 1. The van der Waals surface area contributed by atoms with Gasteiger partial charge in [-0.2, -0.15) is 31.3 Å². The molecule has 1 amide bonds. The van der Waals surface area contributed by atoms with Crippen LogP contribution in [0.2, 0.25) is 0 Å². The Balaban J connectivity index is 2.05. The Kier molecular flexibility index (Phi) is 7.69. The number of halogens is 6. The van der Waals surface area contributed by atoms with E-state index in [-0.39, 0.29) is 33.3 Å². The first-order chi connectivity index (χ1) is 16.6. The molecule has 0 radical (unpaired) electrons. The second-order valence-electron chi connectivity index (χ2n) is 7.35. The third-order valence-corrected chi connectivity index (χ3v) is 7.29. The van der Waals surface area contributed by atoms with Crippen molar-refractivity contribution >= 4 is 27.5 Å². The maximum absolute atomic E-state index is 12.8. The van der Waals surface area contributed by atoms with E-state index in [1.807, 2.05) is 0 Å². The third-order valence-electron chi connectivity index (χ3n) is 4.84. The lowest BCUT2D eigenvalue weighted by Gasteiger charge is -2.11. The lowest BCUT2D eigenvalue weighted by molar-refractivity contribution is -0.137. The molecule has 6 nitrogen and oxygen atoms in total. The van der Waals surface area contributed by atoms with Crippen molar-refractivity contribution in [2.24, 2.45) is 12.0 Å². The van der Waals surface area contributed by atoms with Crippen LogP contribution in [-0.2, 0) is 23.1 Å². The Morgan fingerprint density at radius 1 is 1.03 bits per heavy atom. The highest BCUT2D eigenvalue weighted by molar-refractivity contribution is 8.00. The normalized spacial score (nSPS) is 13.2. The number of carbonyl (C=O) groups excluding carboxylic acids is 1. The van der Waals surface area contributed by atoms with Gasteiger partial charge in [0, 0.05) is 29.9 Å². The van der Waals surface area contributed by atoms with Crippen molar-refractivity contribution in [1.82, 2.24) is 9.55 Å². The second-order valence-corrected chi connectivity index (χ2v) is 10.7. The van der Waals surface area contributed by atoms with Crippen molar-refractivity contribution in [1.29, 1.82) is 0 Å². The Labute approximate surface area is 205 Å². The van der Waals surface area contributed by atoms with Gasteiger partial charge in [0.15, 0.2) is 9.84 Å². The van der Waals surface area contributed by atoms with Crippen LogP contribution in [-0.4, -0.2) is 35.1 Å². The van der Waals surface area contributed by atoms with E-state index in [0.717, 1.165) is 59.4 Å². The topological polar surface area (TPSA) is 81.4 Å². The van der Waals surface area contributed by atoms with Crippen molar-refractivity contribution in [2.45, 2.75) is 28.4 Å². The van der Waals surface area contributed by atoms with Crippen LogP contribution in [0.4, 0.5) is 26.3 Å². The Morgan fingerprint density at radius 2 is 1.67 bits per heavy atom. The first-order valence-corrected chi connectivity index (χ1v) is 12.5. The highest BCUT2D eigenvalue weighted by atomic mass is 32.2. The zero-order chi connectivity index (χ0) is 26.9. The number of hydrogen-bond acceptors (Lipinski definition) is 5. The predicted octanol–water partition coefficient (Wildman–Crippen LogP) is 5.25. The van der Waals surface area contributed by atoms with Crippen LogP contribution in [0.1, 0.15) is 23.0 Å². The molecule has 0 saturated heterocycles. The van der Waals surface area contributed by atoms with Crippen LogP contribution in [0.15, 0.2) is 69.6 Å². The van der Waals surface area contributed by atoms with E-state index in [4.69, 9.17) is 0 Å². The molecule has 0 unspecified atom stereocenters. The van der Waals surface area contributed by atoms with E-state index < -0.39 is 49.3 Å². The number of hydrogen-bond donors (Lipinski definition) is 0. The number of alkyl halides is 6. The Morgan fingerprint density at radius 3 is 2.19 bits per heavy atom. The van der Waals surface area contributed by atoms with Gasteiger partial charge in [0.2, 0.25) is 0 Å². The van der Waals surface area contributed by atoms with E-state index in [2.05, 4.69) is 9.98 Å². The number of aromatic nitrogens is 2. The maximum atomic E-state index is 12.8. The zero-order valence-corrected chi connectivity index (χ0v) is 20.2. The summed E-state index contributed by atoms with van der Waals surface area (Å²) < 4.78 is 103. The van der Waals surface area contributed by atoms with E-state index in [1.165, 1.54) is 14.0 Å². The monoisotopic (exact) mass is 549 g/mol. The SMILES string of the molecule is CCS(=O)(=O)c1cc(-c2ccc(C(F)(F)F)cc2)cnc1C(=O)N=c1ccc(SC(F)(F)F)cn1C. The van der Waals surface area contributed by atoms with Crippen molar-refractivity contribution < 1.29 is 39.6 Å². The number of thioether (sulfide) groups is 1. The number of pyridine rings is 2. The minimum absolute atomic E-state index is 0.0556. The van der Waals surface area contributed by atoms with E-state index in [1.54, 1.807) is 0 Å². The van der Waals surface area contributed by atoms with Gasteiger partial charge in [0.1, 0.15) is 11.2 Å².